The van der Waals surface area contributed by atoms with Gasteiger partial charge in [-0.05, 0) is 17.7 Å². The van der Waals surface area contributed by atoms with Gasteiger partial charge in [-0.3, -0.25) is 4.90 Å². The van der Waals surface area contributed by atoms with Crippen molar-refractivity contribution in [3.05, 3.63) is 35.6 Å². The van der Waals surface area contributed by atoms with E-state index in [0.717, 1.165) is 25.3 Å². The van der Waals surface area contributed by atoms with Gasteiger partial charge in [0.1, 0.15) is 5.82 Å². The van der Waals surface area contributed by atoms with Gasteiger partial charge in [0.2, 0.25) is 0 Å². The third-order valence-corrected chi connectivity index (χ3v) is 2.58. The minimum atomic E-state index is -0.204. The Labute approximate surface area is 88.6 Å². The SMILES string of the molecule is NC1COCCN1Cc1ccc(F)cc1. The summed E-state index contributed by atoms with van der Waals surface area (Å²) >= 11 is 0. The Hall–Kier alpha value is -0.970. The fourth-order valence-electron chi connectivity index (χ4n) is 1.68. The number of ether oxygens (including phenoxy) is 1. The van der Waals surface area contributed by atoms with Gasteiger partial charge in [-0.15, -0.1) is 0 Å². The maximum atomic E-state index is 12.7. The fourth-order valence-corrected chi connectivity index (χ4v) is 1.68. The van der Waals surface area contributed by atoms with E-state index in [1.807, 2.05) is 0 Å². The minimum absolute atomic E-state index is 0.0520. The normalized spacial score (nSPS) is 22.9. The summed E-state index contributed by atoms with van der Waals surface area (Å²) in [7, 11) is 0. The lowest BCUT2D eigenvalue weighted by molar-refractivity contribution is -0.00903. The average Bonchev–Trinajstić information content (AvgIpc) is 2.25. The molecule has 1 aromatic carbocycles. The minimum Gasteiger partial charge on any atom is -0.377 e. The first-order valence-corrected chi connectivity index (χ1v) is 5.07. The molecule has 1 fully saturated rings. The van der Waals surface area contributed by atoms with Gasteiger partial charge in [-0.2, -0.15) is 0 Å². The highest BCUT2D eigenvalue weighted by Crippen LogP contribution is 2.10. The lowest BCUT2D eigenvalue weighted by Gasteiger charge is -2.32. The van der Waals surface area contributed by atoms with Crippen molar-refractivity contribution < 1.29 is 9.13 Å². The van der Waals surface area contributed by atoms with E-state index >= 15 is 0 Å². The molecule has 0 aromatic heterocycles. The number of halogens is 1. The summed E-state index contributed by atoms with van der Waals surface area (Å²) in [6.45, 7) is 2.87. The lowest BCUT2D eigenvalue weighted by atomic mass is 10.2. The molecule has 1 heterocycles. The predicted octanol–water partition coefficient (Wildman–Crippen LogP) is 0.943. The zero-order chi connectivity index (χ0) is 10.7. The summed E-state index contributed by atoms with van der Waals surface area (Å²) in [5.74, 6) is -0.204. The molecular formula is C11H15FN2O. The van der Waals surface area contributed by atoms with Crippen molar-refractivity contribution in [1.82, 2.24) is 4.90 Å². The molecule has 2 N–H and O–H groups in total. The number of benzene rings is 1. The molecule has 0 spiro atoms. The molecule has 82 valence electrons. The molecule has 1 atom stereocenters. The van der Waals surface area contributed by atoms with Crippen LogP contribution in [0, 0.1) is 5.82 Å². The van der Waals surface area contributed by atoms with Gasteiger partial charge in [-0.25, -0.2) is 4.39 Å². The molecule has 4 heteroatoms. The van der Waals surface area contributed by atoms with Crippen LogP contribution in [-0.2, 0) is 11.3 Å². The maximum absolute atomic E-state index is 12.7. The van der Waals surface area contributed by atoms with Crippen molar-refractivity contribution in [3.8, 4) is 0 Å². The van der Waals surface area contributed by atoms with Crippen LogP contribution in [-0.4, -0.2) is 30.8 Å². The first-order valence-electron chi connectivity index (χ1n) is 5.07. The Morgan fingerprint density at radius 1 is 1.40 bits per heavy atom. The van der Waals surface area contributed by atoms with Gasteiger partial charge < -0.3 is 10.5 Å². The number of hydrogen-bond acceptors (Lipinski definition) is 3. The van der Waals surface area contributed by atoms with E-state index in [9.17, 15) is 4.39 Å². The van der Waals surface area contributed by atoms with E-state index in [4.69, 9.17) is 10.5 Å². The third kappa shape index (κ3) is 2.75. The number of rotatable bonds is 2. The standard InChI is InChI=1S/C11H15FN2O/c12-10-3-1-9(2-4-10)7-14-5-6-15-8-11(14)13/h1-4,11H,5-8,13H2. The summed E-state index contributed by atoms with van der Waals surface area (Å²) in [5, 5.41) is 0. The van der Waals surface area contributed by atoms with Crippen LogP contribution < -0.4 is 5.73 Å². The molecule has 0 radical (unpaired) electrons. The highest BCUT2D eigenvalue weighted by Gasteiger charge is 2.18. The van der Waals surface area contributed by atoms with Crippen molar-refractivity contribution in [2.45, 2.75) is 12.7 Å². The Kier molecular flexibility index (Phi) is 3.30. The molecule has 0 bridgehead atoms. The van der Waals surface area contributed by atoms with E-state index in [-0.39, 0.29) is 12.0 Å². The Balaban J connectivity index is 1.98. The smallest absolute Gasteiger partial charge is 0.123 e. The molecular weight excluding hydrogens is 195 g/mol. The number of hydrogen-bond donors (Lipinski definition) is 1. The fraction of sp³-hybridized carbons (Fsp3) is 0.455. The van der Waals surface area contributed by atoms with Crippen LogP contribution in [0.5, 0.6) is 0 Å². The van der Waals surface area contributed by atoms with Crippen LogP contribution in [0.3, 0.4) is 0 Å². The average molecular weight is 210 g/mol. The topological polar surface area (TPSA) is 38.5 Å². The van der Waals surface area contributed by atoms with Gasteiger partial charge in [0.15, 0.2) is 0 Å². The van der Waals surface area contributed by atoms with E-state index in [2.05, 4.69) is 4.90 Å². The zero-order valence-corrected chi connectivity index (χ0v) is 8.53. The lowest BCUT2D eigenvalue weighted by Crippen LogP contribution is -2.50. The van der Waals surface area contributed by atoms with Crippen LogP contribution in [0.2, 0.25) is 0 Å². The molecule has 15 heavy (non-hydrogen) atoms. The number of nitrogens with two attached hydrogens (primary N) is 1. The quantitative estimate of drug-likeness (QED) is 0.789. The van der Waals surface area contributed by atoms with Crippen LogP contribution in [0.1, 0.15) is 5.56 Å². The highest BCUT2D eigenvalue weighted by atomic mass is 19.1. The van der Waals surface area contributed by atoms with Crippen molar-refractivity contribution in [2.24, 2.45) is 5.73 Å². The predicted molar refractivity (Wildman–Crippen MR) is 55.6 cm³/mol. The number of morpholine rings is 1. The van der Waals surface area contributed by atoms with Gasteiger partial charge >= 0.3 is 0 Å². The van der Waals surface area contributed by atoms with E-state index < -0.39 is 0 Å². The van der Waals surface area contributed by atoms with Gasteiger partial charge in [-0.1, -0.05) is 12.1 Å². The molecule has 0 saturated carbocycles. The van der Waals surface area contributed by atoms with Crippen molar-refractivity contribution in [3.63, 3.8) is 0 Å². The van der Waals surface area contributed by atoms with Crippen LogP contribution in [0.15, 0.2) is 24.3 Å². The summed E-state index contributed by atoms with van der Waals surface area (Å²) in [6.07, 6.45) is -0.0520. The van der Waals surface area contributed by atoms with Gasteiger partial charge in [0, 0.05) is 13.1 Å². The van der Waals surface area contributed by atoms with E-state index in [0.29, 0.717) is 6.61 Å². The highest BCUT2D eigenvalue weighted by molar-refractivity contribution is 5.16. The summed E-state index contributed by atoms with van der Waals surface area (Å²) < 4.78 is 17.9. The molecule has 0 amide bonds. The first kappa shape index (κ1) is 10.5. The second-order valence-corrected chi connectivity index (χ2v) is 3.74. The molecule has 2 rings (SSSR count). The molecule has 1 aromatic rings. The summed E-state index contributed by atoms with van der Waals surface area (Å²) in [6, 6.07) is 6.53. The molecule has 1 saturated heterocycles. The number of nitrogens with zero attached hydrogens (tertiary/aromatic N) is 1. The molecule has 1 aliphatic heterocycles. The molecule has 1 aliphatic rings. The first-order chi connectivity index (χ1) is 7.25. The Morgan fingerprint density at radius 2 is 2.13 bits per heavy atom. The largest absolute Gasteiger partial charge is 0.377 e. The van der Waals surface area contributed by atoms with E-state index in [1.165, 1.54) is 12.1 Å². The maximum Gasteiger partial charge on any atom is 0.123 e. The second-order valence-electron chi connectivity index (χ2n) is 3.74. The zero-order valence-electron chi connectivity index (χ0n) is 8.53. The summed E-state index contributed by atoms with van der Waals surface area (Å²) in [4.78, 5) is 2.14. The molecule has 0 aliphatic carbocycles. The monoisotopic (exact) mass is 210 g/mol. The third-order valence-electron chi connectivity index (χ3n) is 2.58. The molecule has 3 nitrogen and oxygen atoms in total. The van der Waals surface area contributed by atoms with Gasteiger partial charge in [0.05, 0.1) is 19.4 Å². The van der Waals surface area contributed by atoms with Gasteiger partial charge in [0.25, 0.3) is 0 Å². The second kappa shape index (κ2) is 4.70. The summed E-state index contributed by atoms with van der Waals surface area (Å²) in [5.41, 5.74) is 6.96. The van der Waals surface area contributed by atoms with Crippen LogP contribution in [0.4, 0.5) is 4.39 Å². The van der Waals surface area contributed by atoms with Crippen molar-refractivity contribution in [1.29, 1.82) is 0 Å². The van der Waals surface area contributed by atoms with Crippen LogP contribution in [0.25, 0.3) is 0 Å². The molecule has 1 unspecified atom stereocenters. The Morgan fingerprint density at radius 3 is 2.80 bits per heavy atom. The van der Waals surface area contributed by atoms with E-state index in [1.54, 1.807) is 12.1 Å². The van der Waals surface area contributed by atoms with Crippen molar-refractivity contribution >= 4 is 0 Å². The Bertz CT molecular complexity index is 315. The van der Waals surface area contributed by atoms with Crippen molar-refractivity contribution in [2.75, 3.05) is 19.8 Å². The van der Waals surface area contributed by atoms with Crippen LogP contribution >= 0.6 is 0 Å².